The minimum absolute atomic E-state index is 0.0512. The van der Waals surface area contributed by atoms with E-state index in [1.54, 1.807) is 34.6 Å². The summed E-state index contributed by atoms with van der Waals surface area (Å²) < 4.78 is 55.0. The molecule has 3 fully saturated rings. The van der Waals surface area contributed by atoms with Gasteiger partial charge in [-0.2, -0.15) is 0 Å². The fraction of sp³-hybridized carbons (Fsp3) is 0.895. The minimum atomic E-state index is -3.13. The molecule has 0 aromatic carbocycles. The lowest BCUT2D eigenvalue weighted by Gasteiger charge is -2.50. The Balaban J connectivity index is 2.22. The average Bonchev–Trinajstić information content (AvgIpc) is 3.33. The zero-order chi connectivity index (χ0) is 39.7. The number of cyclic esters (lactones) is 1. The van der Waals surface area contributed by atoms with E-state index in [4.69, 9.17) is 33.8 Å². The van der Waals surface area contributed by atoms with Gasteiger partial charge in [0.15, 0.2) is 26.0 Å². The van der Waals surface area contributed by atoms with E-state index in [1.807, 2.05) is 21.0 Å². The van der Waals surface area contributed by atoms with Crippen molar-refractivity contribution in [3.05, 3.63) is 0 Å². The summed E-state index contributed by atoms with van der Waals surface area (Å²) in [5.74, 6) is -7.22. The van der Waals surface area contributed by atoms with Crippen LogP contribution in [-0.2, 0) is 47.3 Å². The fourth-order valence-electron chi connectivity index (χ4n) is 9.09. The van der Waals surface area contributed by atoms with Crippen LogP contribution in [-0.4, -0.2) is 118 Å². The van der Waals surface area contributed by atoms with Crippen molar-refractivity contribution in [1.82, 2.24) is 4.90 Å². The number of ketones is 2. The van der Waals surface area contributed by atoms with Crippen molar-refractivity contribution in [1.29, 1.82) is 0 Å². The molecule has 1 unspecified atom stereocenters. The lowest BCUT2D eigenvalue weighted by molar-refractivity contribution is -0.292. The van der Waals surface area contributed by atoms with Gasteiger partial charge in [0.05, 0.1) is 17.8 Å². The number of alkyl halides is 1. The molecule has 3 aliphatic rings. The molecule has 0 spiro atoms. The second-order valence-corrected chi connectivity index (χ2v) is 21.1. The molecule has 14 heteroatoms. The molecular weight excluding hydrogens is 692 g/mol. The van der Waals surface area contributed by atoms with E-state index in [1.165, 1.54) is 14.0 Å². The van der Waals surface area contributed by atoms with Crippen LogP contribution in [0.15, 0.2) is 0 Å². The highest BCUT2D eigenvalue weighted by Crippen LogP contribution is 2.45. The predicted octanol–water partition coefficient (Wildman–Crippen LogP) is 4.99. The molecule has 0 saturated carbocycles. The van der Waals surface area contributed by atoms with E-state index in [9.17, 15) is 19.2 Å². The van der Waals surface area contributed by atoms with Crippen LogP contribution in [0.25, 0.3) is 0 Å². The maximum atomic E-state index is 16.8. The summed E-state index contributed by atoms with van der Waals surface area (Å²) >= 11 is 0. The summed E-state index contributed by atoms with van der Waals surface area (Å²) in [6, 6.07) is 1.34. The predicted molar refractivity (Wildman–Crippen MR) is 197 cm³/mol. The Labute approximate surface area is 311 Å². The van der Waals surface area contributed by atoms with Crippen molar-refractivity contribution in [2.75, 3.05) is 21.2 Å². The van der Waals surface area contributed by atoms with Gasteiger partial charge in [-0.05, 0) is 79.2 Å². The first-order valence-corrected chi connectivity index (χ1v) is 21.7. The molecular formula is C38H67FN2O10Si. The molecule has 3 rings (SSSR count). The van der Waals surface area contributed by atoms with Crippen LogP contribution in [0.2, 0.25) is 18.1 Å². The third-order valence-electron chi connectivity index (χ3n) is 12.7. The largest absolute Gasteiger partial charge is 0.455 e. The van der Waals surface area contributed by atoms with Crippen molar-refractivity contribution in [3.8, 4) is 0 Å². The number of rotatable bonds is 10. The quantitative estimate of drug-likeness (QED) is 0.182. The molecule has 0 radical (unpaired) electrons. The average molecular weight is 759 g/mol. The lowest BCUT2D eigenvalue weighted by Crippen LogP contribution is -2.63. The molecule has 0 bridgehead atoms. The summed E-state index contributed by atoms with van der Waals surface area (Å²) in [4.78, 5) is 57.4. The maximum absolute atomic E-state index is 16.8. The number of nitrogens with zero attached hydrogens (tertiary/aromatic N) is 1. The Morgan fingerprint density at radius 1 is 0.962 bits per heavy atom. The third kappa shape index (κ3) is 8.37. The first-order valence-electron chi connectivity index (χ1n) is 19.2. The van der Waals surface area contributed by atoms with Gasteiger partial charge < -0.3 is 38.7 Å². The smallest absolute Gasteiger partial charge is 0.351 e. The molecule has 0 aliphatic carbocycles. The molecule has 300 valence electrons. The van der Waals surface area contributed by atoms with E-state index < -0.39 is 97.2 Å². The molecule has 14 atom stereocenters. The van der Waals surface area contributed by atoms with E-state index in [2.05, 4.69) is 25.7 Å². The number of esters is 2. The highest BCUT2D eigenvalue weighted by atomic mass is 28.4. The number of nitrogens with two attached hydrogens (primary N) is 1. The van der Waals surface area contributed by atoms with Crippen molar-refractivity contribution in [3.63, 3.8) is 0 Å². The number of carbonyl (C=O) groups excluding carboxylic acids is 4. The number of methoxy groups -OCH3 is 1. The zero-order valence-corrected chi connectivity index (χ0v) is 35.1. The van der Waals surface area contributed by atoms with Crippen LogP contribution >= 0.6 is 0 Å². The van der Waals surface area contributed by atoms with Crippen molar-refractivity contribution < 1.29 is 51.7 Å². The van der Waals surface area contributed by atoms with Crippen LogP contribution in [0.3, 0.4) is 0 Å². The molecule has 2 N–H and O–H groups in total. The number of carbonyl (C=O) groups is 4. The number of hydrogen-bond acceptors (Lipinski definition) is 12. The Bertz CT molecular complexity index is 1290. The first-order chi connectivity index (χ1) is 24.0. The summed E-state index contributed by atoms with van der Waals surface area (Å²) in [6.45, 7) is 19.1. The van der Waals surface area contributed by atoms with Crippen molar-refractivity contribution >= 4 is 31.8 Å². The highest BCUT2D eigenvalue weighted by Gasteiger charge is 2.62. The standard InChI is InChI=1S/C38H67FN2O10Si/c1-15-26-38(11)27(28(40)33(44)50-38)23(7)29(42)21(5)20-36(9,46-14)32(24(8)31(43)37(10,39)35(45)48-26)49-34-30(51-52(16-2,17-3)18-4)25(41(12)13)19-22(6)47-34/h21-28,30,32,34H,15-20,40H2,1-14H3/t21-,22-,23-,24+,25+,26+,27+,28+,30-,32-,34?,36-,37+,38+/m1/s1. The molecule has 3 heterocycles. The van der Waals surface area contributed by atoms with Crippen LogP contribution in [0.4, 0.5) is 4.39 Å². The zero-order valence-electron chi connectivity index (χ0n) is 34.1. The monoisotopic (exact) mass is 758 g/mol. The van der Waals surface area contributed by atoms with Crippen LogP contribution in [0.1, 0.15) is 95.4 Å². The maximum Gasteiger partial charge on any atom is 0.351 e. The molecule has 0 aromatic rings. The first kappa shape index (κ1) is 44.6. The molecule has 0 amide bonds. The molecule has 0 aromatic heterocycles. The number of Topliss-reactive ketones (excluding diaryl/α,β-unsaturated/α-hetero) is 2. The summed E-state index contributed by atoms with van der Waals surface area (Å²) in [5.41, 5.74) is 0.298. The van der Waals surface area contributed by atoms with Gasteiger partial charge in [-0.1, -0.05) is 48.5 Å². The number of hydrogen-bond donors (Lipinski definition) is 1. The van der Waals surface area contributed by atoms with Gasteiger partial charge in [0, 0.05) is 36.8 Å². The number of halogens is 1. The molecule has 3 saturated heterocycles. The lowest BCUT2D eigenvalue weighted by atomic mass is 9.69. The van der Waals surface area contributed by atoms with E-state index in [0.29, 0.717) is 6.42 Å². The molecule has 12 nitrogen and oxygen atoms in total. The fourth-order valence-corrected chi connectivity index (χ4v) is 11.9. The van der Waals surface area contributed by atoms with Gasteiger partial charge in [-0.3, -0.25) is 14.4 Å². The minimum Gasteiger partial charge on any atom is -0.455 e. The number of fused-ring (bicyclic) bond motifs is 1. The number of likely N-dealkylation sites (N-methyl/N-ethyl adjacent to an activating group) is 1. The normalized spacial score (nSPS) is 42.8. The van der Waals surface area contributed by atoms with Gasteiger partial charge in [-0.25, -0.2) is 9.18 Å². The van der Waals surface area contributed by atoms with Crippen LogP contribution in [0, 0.1) is 23.7 Å². The van der Waals surface area contributed by atoms with Gasteiger partial charge in [-0.15, -0.1) is 0 Å². The van der Waals surface area contributed by atoms with Gasteiger partial charge in [0.1, 0.15) is 24.0 Å². The SMILES string of the molecule is CC[C@@H]1OC(=O)[C@@](C)(F)C(=O)[C@H](C)[C@@H](OC2O[C@H](C)C[C@H](N(C)C)[C@H]2O[Si](CC)(CC)CC)[C@](C)(OC)C[C@@H](C)C(=O)[C@H](C)[C@H]2[C@H](N)C(=O)O[C@]21C. The van der Waals surface area contributed by atoms with Crippen LogP contribution in [0.5, 0.6) is 0 Å². The Kier molecular flexibility index (Phi) is 14.5. The van der Waals surface area contributed by atoms with Crippen LogP contribution < -0.4 is 5.73 Å². The second kappa shape index (κ2) is 16.9. The van der Waals surface area contributed by atoms with Gasteiger partial charge >= 0.3 is 11.9 Å². The topological polar surface area (TPSA) is 153 Å². The van der Waals surface area contributed by atoms with Crippen molar-refractivity contribution in [2.24, 2.45) is 29.4 Å². The molecule has 52 heavy (non-hydrogen) atoms. The van der Waals surface area contributed by atoms with E-state index in [-0.39, 0.29) is 30.8 Å². The van der Waals surface area contributed by atoms with E-state index >= 15 is 4.39 Å². The Morgan fingerprint density at radius 3 is 2.04 bits per heavy atom. The van der Waals surface area contributed by atoms with Crippen molar-refractivity contribution in [2.45, 2.75) is 173 Å². The molecule has 3 aliphatic heterocycles. The Hall–Kier alpha value is -1.81. The second-order valence-electron chi connectivity index (χ2n) is 16.4. The Morgan fingerprint density at radius 2 is 1.54 bits per heavy atom. The summed E-state index contributed by atoms with van der Waals surface area (Å²) in [6.07, 6.45) is -3.37. The van der Waals surface area contributed by atoms with Gasteiger partial charge in [0.2, 0.25) is 0 Å². The summed E-state index contributed by atoms with van der Waals surface area (Å²) in [5, 5.41) is 0. The summed E-state index contributed by atoms with van der Waals surface area (Å²) in [7, 11) is 3.17. The van der Waals surface area contributed by atoms with E-state index in [0.717, 1.165) is 25.1 Å². The number of ether oxygens (including phenoxy) is 5. The van der Waals surface area contributed by atoms with Gasteiger partial charge in [0.25, 0.3) is 5.67 Å². The third-order valence-corrected chi connectivity index (χ3v) is 17.4. The highest BCUT2D eigenvalue weighted by molar-refractivity contribution is 6.73.